The number of nitrogens with two attached hydrogens (primary N) is 1. The number of aromatic nitrogens is 2. The van der Waals surface area contributed by atoms with Gasteiger partial charge in [0.25, 0.3) is 0 Å². The van der Waals surface area contributed by atoms with E-state index in [0.29, 0.717) is 24.7 Å². The summed E-state index contributed by atoms with van der Waals surface area (Å²) in [6.07, 6.45) is 0.699. The van der Waals surface area contributed by atoms with Crippen LogP contribution in [0.25, 0.3) is 0 Å². The Balaban J connectivity index is 0.000000980. The van der Waals surface area contributed by atoms with E-state index in [1.54, 1.807) is 11.3 Å². The topological polar surface area (TPSA) is 64.9 Å². The molecule has 2 aromatic heterocycles. The van der Waals surface area contributed by atoms with E-state index in [9.17, 15) is 0 Å². The molecule has 6 heteroatoms. The zero-order valence-electron chi connectivity index (χ0n) is 7.34. The fourth-order valence-electron chi connectivity index (χ4n) is 1.01. The number of thiophene rings is 1. The van der Waals surface area contributed by atoms with Crippen LogP contribution < -0.4 is 5.73 Å². The first-order chi connectivity index (χ1) is 6.38. The van der Waals surface area contributed by atoms with Gasteiger partial charge in [0.15, 0.2) is 5.82 Å². The molecule has 0 aliphatic carbocycles. The largest absolute Gasteiger partial charge is 0.339 e. The second-order valence-corrected chi connectivity index (χ2v) is 3.60. The summed E-state index contributed by atoms with van der Waals surface area (Å²) in [5.41, 5.74) is 5.35. The van der Waals surface area contributed by atoms with E-state index in [1.807, 2.05) is 17.5 Å². The Morgan fingerprint density at radius 1 is 1.50 bits per heavy atom. The Bertz CT molecular complexity index is 374. The summed E-state index contributed by atoms with van der Waals surface area (Å²) in [5, 5.41) is 5.73. The molecule has 0 saturated carbocycles. The smallest absolute Gasteiger partial charge is 0.231 e. The standard InChI is InChI=1S/C8H9N3OS.ClH/c9-5-7-10-8(12-11-7)4-6-2-1-3-13-6;/h1-3H,4-5,9H2;1H. The summed E-state index contributed by atoms with van der Waals surface area (Å²) in [6, 6.07) is 4.04. The molecular formula is C8H10ClN3OS. The van der Waals surface area contributed by atoms with Crippen molar-refractivity contribution in [2.45, 2.75) is 13.0 Å². The van der Waals surface area contributed by atoms with Crippen LogP contribution in [-0.4, -0.2) is 10.1 Å². The Hall–Kier alpha value is -0.910. The van der Waals surface area contributed by atoms with Gasteiger partial charge < -0.3 is 10.3 Å². The van der Waals surface area contributed by atoms with Gasteiger partial charge in [-0.15, -0.1) is 23.7 Å². The Kier molecular flexibility index (Phi) is 4.06. The minimum absolute atomic E-state index is 0. The molecule has 14 heavy (non-hydrogen) atoms. The van der Waals surface area contributed by atoms with Gasteiger partial charge in [-0.3, -0.25) is 0 Å². The van der Waals surface area contributed by atoms with Crippen LogP contribution in [0.15, 0.2) is 22.0 Å². The molecule has 0 aromatic carbocycles. The van der Waals surface area contributed by atoms with Crippen molar-refractivity contribution in [2.24, 2.45) is 5.73 Å². The molecule has 0 spiro atoms. The van der Waals surface area contributed by atoms with Crippen LogP contribution in [0.5, 0.6) is 0 Å². The number of hydrogen-bond acceptors (Lipinski definition) is 5. The third kappa shape index (κ3) is 2.54. The van der Waals surface area contributed by atoms with Crippen molar-refractivity contribution in [2.75, 3.05) is 0 Å². The zero-order chi connectivity index (χ0) is 9.10. The average molecular weight is 232 g/mol. The van der Waals surface area contributed by atoms with Gasteiger partial charge >= 0.3 is 0 Å². The van der Waals surface area contributed by atoms with Crippen LogP contribution in [0.3, 0.4) is 0 Å². The van der Waals surface area contributed by atoms with Crippen molar-refractivity contribution in [3.63, 3.8) is 0 Å². The second kappa shape index (κ2) is 5.09. The minimum Gasteiger partial charge on any atom is -0.339 e. The molecule has 0 fully saturated rings. The maximum absolute atomic E-state index is 5.35. The van der Waals surface area contributed by atoms with E-state index in [0.717, 1.165) is 0 Å². The lowest BCUT2D eigenvalue weighted by Crippen LogP contribution is -1.98. The second-order valence-electron chi connectivity index (χ2n) is 2.56. The third-order valence-electron chi connectivity index (χ3n) is 1.60. The lowest BCUT2D eigenvalue weighted by atomic mass is 10.3. The van der Waals surface area contributed by atoms with Crippen LogP contribution in [-0.2, 0) is 13.0 Å². The lowest BCUT2D eigenvalue weighted by molar-refractivity contribution is 0.380. The van der Waals surface area contributed by atoms with Gasteiger partial charge in [-0.25, -0.2) is 0 Å². The summed E-state index contributed by atoms with van der Waals surface area (Å²) in [6.45, 7) is 0.327. The molecule has 0 aliphatic rings. The van der Waals surface area contributed by atoms with E-state index >= 15 is 0 Å². The molecule has 0 saturated heterocycles. The highest BCUT2D eigenvalue weighted by Gasteiger charge is 2.05. The Morgan fingerprint density at radius 3 is 2.93 bits per heavy atom. The molecule has 0 unspecified atom stereocenters. The van der Waals surface area contributed by atoms with Crippen molar-refractivity contribution in [3.8, 4) is 0 Å². The minimum atomic E-state index is 0. The van der Waals surface area contributed by atoms with E-state index in [4.69, 9.17) is 10.3 Å². The molecular weight excluding hydrogens is 222 g/mol. The first kappa shape index (κ1) is 11.2. The first-order valence-corrected chi connectivity index (χ1v) is 4.80. The van der Waals surface area contributed by atoms with Crippen molar-refractivity contribution in [3.05, 3.63) is 34.1 Å². The van der Waals surface area contributed by atoms with Crippen LogP contribution in [0.1, 0.15) is 16.6 Å². The average Bonchev–Trinajstić information content (AvgIpc) is 2.76. The predicted molar refractivity (Wildman–Crippen MR) is 56.6 cm³/mol. The van der Waals surface area contributed by atoms with Crippen molar-refractivity contribution >= 4 is 23.7 Å². The molecule has 2 rings (SSSR count). The van der Waals surface area contributed by atoms with Gasteiger partial charge in [0.2, 0.25) is 5.89 Å². The number of nitrogens with zero attached hydrogens (tertiary/aromatic N) is 2. The van der Waals surface area contributed by atoms with Crippen LogP contribution in [0, 0.1) is 0 Å². The molecule has 2 N–H and O–H groups in total. The SMILES string of the molecule is Cl.NCc1noc(Cc2cccs2)n1. The van der Waals surface area contributed by atoms with Gasteiger partial charge in [0.1, 0.15) is 0 Å². The highest BCUT2D eigenvalue weighted by atomic mass is 35.5. The van der Waals surface area contributed by atoms with Crippen molar-refractivity contribution < 1.29 is 4.52 Å². The lowest BCUT2D eigenvalue weighted by Gasteiger charge is -1.87. The summed E-state index contributed by atoms with van der Waals surface area (Å²) in [4.78, 5) is 5.32. The summed E-state index contributed by atoms with van der Waals surface area (Å²) >= 11 is 1.68. The molecule has 0 amide bonds. The van der Waals surface area contributed by atoms with E-state index in [2.05, 4.69) is 10.1 Å². The molecule has 2 aromatic rings. The fraction of sp³-hybridized carbons (Fsp3) is 0.250. The van der Waals surface area contributed by atoms with Gasteiger partial charge in [0, 0.05) is 4.88 Å². The fourth-order valence-corrected chi connectivity index (χ4v) is 1.70. The molecule has 76 valence electrons. The Labute approximate surface area is 91.5 Å². The maximum Gasteiger partial charge on any atom is 0.231 e. The number of hydrogen-bond donors (Lipinski definition) is 1. The monoisotopic (exact) mass is 231 g/mol. The molecule has 0 bridgehead atoms. The van der Waals surface area contributed by atoms with Crippen molar-refractivity contribution in [1.82, 2.24) is 10.1 Å². The molecule has 0 radical (unpaired) electrons. The first-order valence-electron chi connectivity index (χ1n) is 3.92. The van der Waals surface area contributed by atoms with Crippen LogP contribution >= 0.6 is 23.7 Å². The van der Waals surface area contributed by atoms with Gasteiger partial charge in [-0.1, -0.05) is 11.2 Å². The molecule has 0 aliphatic heterocycles. The molecule has 2 heterocycles. The summed E-state index contributed by atoms with van der Waals surface area (Å²) in [5.74, 6) is 1.19. The van der Waals surface area contributed by atoms with E-state index in [1.165, 1.54) is 4.88 Å². The molecule has 4 nitrogen and oxygen atoms in total. The molecule has 0 atom stereocenters. The summed E-state index contributed by atoms with van der Waals surface area (Å²) in [7, 11) is 0. The highest BCUT2D eigenvalue weighted by Crippen LogP contribution is 2.13. The van der Waals surface area contributed by atoms with Crippen LogP contribution in [0.2, 0.25) is 0 Å². The number of halogens is 1. The predicted octanol–water partition coefficient (Wildman–Crippen LogP) is 1.60. The maximum atomic E-state index is 5.35. The van der Waals surface area contributed by atoms with Gasteiger partial charge in [-0.05, 0) is 11.4 Å². The highest BCUT2D eigenvalue weighted by molar-refractivity contribution is 7.09. The zero-order valence-corrected chi connectivity index (χ0v) is 8.98. The van der Waals surface area contributed by atoms with Crippen molar-refractivity contribution in [1.29, 1.82) is 0 Å². The third-order valence-corrected chi connectivity index (χ3v) is 2.47. The van der Waals surface area contributed by atoms with E-state index in [-0.39, 0.29) is 12.4 Å². The van der Waals surface area contributed by atoms with Gasteiger partial charge in [-0.2, -0.15) is 4.98 Å². The van der Waals surface area contributed by atoms with Crippen LogP contribution in [0.4, 0.5) is 0 Å². The van der Waals surface area contributed by atoms with Gasteiger partial charge in [0.05, 0.1) is 13.0 Å². The normalized spacial score (nSPS) is 9.79. The number of rotatable bonds is 3. The quantitative estimate of drug-likeness (QED) is 0.872. The summed E-state index contributed by atoms with van der Waals surface area (Å²) < 4.78 is 4.99. The Morgan fingerprint density at radius 2 is 2.36 bits per heavy atom. The van der Waals surface area contributed by atoms with E-state index < -0.39 is 0 Å².